The molecule has 26 heavy (non-hydrogen) atoms. The quantitative estimate of drug-likeness (QED) is 0.200. The second-order valence-corrected chi connectivity index (χ2v) is 20.6. The molecule has 0 radical (unpaired) electrons. The summed E-state index contributed by atoms with van der Waals surface area (Å²) >= 11 is 0. The SMILES string of the molecule is CCCC[Si](C)(C)O[Si](C)(C)CCCCCCCC[Si](OC)(OC)OC. The Bertz CT molecular complexity index is 339. The molecule has 0 aliphatic carbocycles. The van der Waals surface area contributed by atoms with Crippen LogP contribution in [0.3, 0.4) is 0 Å². The van der Waals surface area contributed by atoms with Gasteiger partial charge in [0, 0.05) is 27.4 Å². The molecule has 0 fully saturated rings. The van der Waals surface area contributed by atoms with Gasteiger partial charge in [0.05, 0.1) is 0 Å². The number of hydrogen-bond acceptors (Lipinski definition) is 4. The van der Waals surface area contributed by atoms with Gasteiger partial charge in [0.2, 0.25) is 0 Å². The van der Waals surface area contributed by atoms with Gasteiger partial charge in [-0.25, -0.2) is 0 Å². The summed E-state index contributed by atoms with van der Waals surface area (Å²) in [6, 6.07) is 3.54. The van der Waals surface area contributed by atoms with Crippen molar-refractivity contribution in [1.29, 1.82) is 0 Å². The summed E-state index contributed by atoms with van der Waals surface area (Å²) in [5.41, 5.74) is 0. The standard InChI is InChI=1S/C19H46O4Si3/c1-9-10-17-24(5,6)23-25(7,8)18-15-13-11-12-14-16-19-26(20-2,21-3)22-4/h9-19H2,1-8H3. The molecule has 0 saturated heterocycles. The second kappa shape index (κ2) is 13.6. The lowest BCUT2D eigenvalue weighted by molar-refractivity contribution is 0.122. The van der Waals surface area contributed by atoms with E-state index < -0.39 is 25.4 Å². The van der Waals surface area contributed by atoms with Gasteiger partial charge in [-0.1, -0.05) is 51.9 Å². The van der Waals surface area contributed by atoms with Gasteiger partial charge in [0.25, 0.3) is 0 Å². The van der Waals surface area contributed by atoms with E-state index >= 15 is 0 Å². The van der Waals surface area contributed by atoms with Gasteiger partial charge in [-0.15, -0.1) is 0 Å². The lowest BCUT2D eigenvalue weighted by Crippen LogP contribution is -2.44. The first-order valence-electron chi connectivity index (χ1n) is 10.5. The predicted molar refractivity (Wildman–Crippen MR) is 120 cm³/mol. The van der Waals surface area contributed by atoms with Crippen LogP contribution in [0.5, 0.6) is 0 Å². The molecule has 0 aromatic carbocycles. The predicted octanol–water partition coefficient (Wildman–Crippen LogP) is 6.43. The van der Waals surface area contributed by atoms with Crippen molar-refractivity contribution in [1.82, 2.24) is 0 Å². The molecule has 0 aromatic rings. The lowest BCUT2D eigenvalue weighted by Gasteiger charge is -2.34. The largest absolute Gasteiger partial charge is 0.500 e. The molecule has 7 heteroatoms. The third-order valence-corrected chi connectivity index (χ3v) is 15.5. The lowest BCUT2D eigenvalue weighted by atomic mass is 10.1. The van der Waals surface area contributed by atoms with Crippen molar-refractivity contribution in [2.45, 2.75) is 103 Å². The molecule has 0 aliphatic rings. The van der Waals surface area contributed by atoms with Gasteiger partial charge in [0.1, 0.15) is 0 Å². The molecule has 0 aliphatic heterocycles. The average molecular weight is 423 g/mol. The van der Waals surface area contributed by atoms with Crippen molar-refractivity contribution < 1.29 is 17.4 Å². The minimum absolute atomic E-state index is 0.918. The Kier molecular flexibility index (Phi) is 13.9. The fourth-order valence-electron chi connectivity index (χ4n) is 3.61. The smallest absolute Gasteiger partial charge is 0.455 e. The van der Waals surface area contributed by atoms with Gasteiger partial charge < -0.3 is 17.4 Å². The topological polar surface area (TPSA) is 36.9 Å². The van der Waals surface area contributed by atoms with Crippen LogP contribution in [0.15, 0.2) is 0 Å². The molecule has 0 atom stereocenters. The molecule has 0 heterocycles. The van der Waals surface area contributed by atoms with E-state index in [2.05, 4.69) is 33.1 Å². The summed E-state index contributed by atoms with van der Waals surface area (Å²) in [6.45, 7) is 11.9. The van der Waals surface area contributed by atoms with Crippen molar-refractivity contribution in [3.8, 4) is 0 Å². The Morgan fingerprint density at radius 2 is 0.923 bits per heavy atom. The summed E-state index contributed by atoms with van der Waals surface area (Å²) in [5, 5.41) is 0. The van der Waals surface area contributed by atoms with Crippen molar-refractivity contribution in [2.75, 3.05) is 21.3 Å². The molecule has 0 spiro atoms. The van der Waals surface area contributed by atoms with E-state index in [0.717, 1.165) is 12.5 Å². The Hall–Kier alpha value is 0.491. The molecular weight excluding hydrogens is 376 g/mol. The first-order valence-corrected chi connectivity index (χ1v) is 18.7. The summed E-state index contributed by atoms with van der Waals surface area (Å²) in [5.74, 6) is 0. The molecule has 158 valence electrons. The first-order chi connectivity index (χ1) is 12.2. The molecule has 0 rings (SSSR count). The zero-order chi connectivity index (χ0) is 20.1. The van der Waals surface area contributed by atoms with Crippen LogP contribution in [-0.4, -0.2) is 46.8 Å². The zero-order valence-corrected chi connectivity index (χ0v) is 21.9. The van der Waals surface area contributed by atoms with Crippen LogP contribution < -0.4 is 0 Å². The van der Waals surface area contributed by atoms with E-state index in [1.165, 1.54) is 57.0 Å². The van der Waals surface area contributed by atoms with Crippen LogP contribution in [0.1, 0.15) is 58.3 Å². The van der Waals surface area contributed by atoms with E-state index in [1.807, 2.05) is 0 Å². The molecule has 0 aromatic heterocycles. The summed E-state index contributed by atoms with van der Waals surface area (Å²) in [6.07, 6.45) is 10.2. The molecule has 0 saturated carbocycles. The molecule has 4 nitrogen and oxygen atoms in total. The van der Waals surface area contributed by atoms with Crippen molar-refractivity contribution in [3.05, 3.63) is 0 Å². The zero-order valence-electron chi connectivity index (χ0n) is 18.9. The van der Waals surface area contributed by atoms with Crippen LogP contribution in [0.4, 0.5) is 0 Å². The highest BCUT2D eigenvalue weighted by Crippen LogP contribution is 2.25. The molecule has 0 unspecified atom stereocenters. The highest BCUT2D eigenvalue weighted by atomic mass is 28.4. The van der Waals surface area contributed by atoms with Crippen LogP contribution in [0.2, 0.25) is 44.3 Å². The minimum atomic E-state index is -2.36. The van der Waals surface area contributed by atoms with Crippen molar-refractivity contribution in [3.63, 3.8) is 0 Å². The second-order valence-electron chi connectivity index (χ2n) is 8.64. The van der Waals surface area contributed by atoms with Gasteiger partial charge in [-0.2, -0.15) is 0 Å². The third kappa shape index (κ3) is 12.0. The highest BCUT2D eigenvalue weighted by Gasteiger charge is 2.36. The van der Waals surface area contributed by atoms with E-state index in [0.29, 0.717) is 0 Å². The fourth-order valence-corrected chi connectivity index (χ4v) is 14.5. The summed E-state index contributed by atoms with van der Waals surface area (Å²) in [7, 11) is -0.207. The maximum absolute atomic E-state index is 6.69. The number of hydrogen-bond donors (Lipinski definition) is 0. The first kappa shape index (κ1) is 26.5. The number of unbranched alkanes of at least 4 members (excludes halogenated alkanes) is 6. The monoisotopic (exact) mass is 422 g/mol. The van der Waals surface area contributed by atoms with Gasteiger partial charge in [-0.05, 0) is 44.7 Å². The molecular formula is C19H46O4Si3. The van der Waals surface area contributed by atoms with Crippen LogP contribution in [-0.2, 0) is 17.4 Å². The Labute approximate surface area is 167 Å². The van der Waals surface area contributed by atoms with Gasteiger partial charge in [0.15, 0.2) is 16.6 Å². The molecule has 0 bridgehead atoms. The molecule has 0 N–H and O–H groups in total. The van der Waals surface area contributed by atoms with Crippen molar-refractivity contribution >= 4 is 25.4 Å². The highest BCUT2D eigenvalue weighted by molar-refractivity contribution is 6.84. The van der Waals surface area contributed by atoms with E-state index in [4.69, 9.17) is 17.4 Å². The van der Waals surface area contributed by atoms with Crippen LogP contribution in [0, 0.1) is 0 Å². The van der Waals surface area contributed by atoms with E-state index in [1.54, 1.807) is 21.3 Å². The van der Waals surface area contributed by atoms with E-state index in [9.17, 15) is 0 Å². The Morgan fingerprint density at radius 3 is 1.35 bits per heavy atom. The fraction of sp³-hybridized carbons (Fsp3) is 1.00. The van der Waals surface area contributed by atoms with Gasteiger partial charge in [-0.3, -0.25) is 0 Å². The molecule has 0 amide bonds. The van der Waals surface area contributed by atoms with Crippen molar-refractivity contribution in [2.24, 2.45) is 0 Å². The van der Waals surface area contributed by atoms with Gasteiger partial charge >= 0.3 is 8.80 Å². The normalized spacial score (nSPS) is 13.4. The maximum Gasteiger partial charge on any atom is 0.500 e. The summed E-state index contributed by atoms with van der Waals surface area (Å²) < 4.78 is 23.1. The average Bonchev–Trinajstić information content (AvgIpc) is 2.58. The van der Waals surface area contributed by atoms with Crippen LogP contribution in [0.25, 0.3) is 0 Å². The van der Waals surface area contributed by atoms with E-state index in [-0.39, 0.29) is 0 Å². The Morgan fingerprint density at radius 1 is 0.538 bits per heavy atom. The summed E-state index contributed by atoms with van der Waals surface area (Å²) in [4.78, 5) is 0. The number of rotatable bonds is 17. The maximum atomic E-state index is 6.69. The minimum Gasteiger partial charge on any atom is -0.455 e. The third-order valence-electron chi connectivity index (χ3n) is 5.13. The Balaban J connectivity index is 3.85. The van der Waals surface area contributed by atoms with Crippen LogP contribution >= 0.6 is 0 Å².